The van der Waals surface area contributed by atoms with Crippen LogP contribution in [0.3, 0.4) is 0 Å². The maximum absolute atomic E-state index is 13.0. The number of primary amides is 1. The second-order valence-electron chi connectivity index (χ2n) is 4.75. The average molecular weight is 273 g/mol. The van der Waals surface area contributed by atoms with E-state index in [1.54, 1.807) is 0 Å². The molecule has 1 heterocycles. The Morgan fingerprint density at radius 3 is 2.63 bits per heavy atom. The van der Waals surface area contributed by atoms with Crippen LogP contribution in [0.15, 0.2) is 0 Å². The van der Waals surface area contributed by atoms with Gasteiger partial charge in [0, 0.05) is 11.3 Å². The Bertz CT molecular complexity index is 540. The molecule has 2 rings (SSSR count). The van der Waals surface area contributed by atoms with Gasteiger partial charge in [-0.15, -0.1) is 0 Å². The first-order valence-electron chi connectivity index (χ1n) is 5.88. The highest BCUT2D eigenvalue weighted by Gasteiger charge is 2.38. The number of anilines is 1. The number of urea groups is 1. The van der Waals surface area contributed by atoms with Gasteiger partial charge < -0.3 is 11.1 Å². The van der Waals surface area contributed by atoms with Gasteiger partial charge in [0.1, 0.15) is 5.69 Å². The number of hydrogen-bond donors (Lipinski definition) is 2. The summed E-state index contributed by atoms with van der Waals surface area (Å²) in [6, 6.07) is -0.871. The number of amides is 2. The Morgan fingerprint density at radius 1 is 1.47 bits per heavy atom. The van der Waals surface area contributed by atoms with Crippen LogP contribution in [0, 0.1) is 6.92 Å². The zero-order valence-electron chi connectivity index (χ0n) is 10.6. The molecule has 2 amide bonds. The molecule has 1 aliphatic carbocycles. The lowest BCUT2D eigenvalue weighted by Gasteiger charge is -2.18. The van der Waals surface area contributed by atoms with E-state index in [2.05, 4.69) is 10.3 Å². The monoisotopic (exact) mass is 273 g/mol. The van der Waals surface area contributed by atoms with Crippen molar-refractivity contribution < 1.29 is 18.0 Å². The summed E-state index contributed by atoms with van der Waals surface area (Å²) in [6.07, 6.45) is -3.23. The molecule has 0 aliphatic heterocycles. The third-order valence-electron chi connectivity index (χ3n) is 3.38. The quantitative estimate of drug-likeness (QED) is 0.826. The number of nitrogens with one attached hydrogen (secondary N) is 1. The van der Waals surface area contributed by atoms with E-state index in [1.807, 2.05) is 6.92 Å². The predicted molar refractivity (Wildman–Crippen MR) is 63.9 cm³/mol. The summed E-state index contributed by atoms with van der Waals surface area (Å²) in [5.74, 6) is -0.0508. The van der Waals surface area contributed by atoms with Crippen molar-refractivity contribution in [3.05, 3.63) is 22.5 Å². The van der Waals surface area contributed by atoms with E-state index < -0.39 is 17.9 Å². The highest BCUT2D eigenvalue weighted by Crippen LogP contribution is 2.42. The number of aromatic nitrogens is 1. The van der Waals surface area contributed by atoms with Gasteiger partial charge in [-0.25, -0.2) is 9.78 Å². The van der Waals surface area contributed by atoms with Gasteiger partial charge in [-0.3, -0.25) is 0 Å². The first-order valence-corrected chi connectivity index (χ1v) is 5.88. The minimum atomic E-state index is -4.55. The number of halogens is 3. The fraction of sp³-hybridized carbons (Fsp3) is 0.500. The molecule has 19 heavy (non-hydrogen) atoms. The van der Waals surface area contributed by atoms with Crippen LogP contribution < -0.4 is 11.1 Å². The van der Waals surface area contributed by atoms with Crippen LogP contribution >= 0.6 is 0 Å². The molecule has 0 saturated carbocycles. The Kier molecular flexibility index (Phi) is 3.15. The third-order valence-corrected chi connectivity index (χ3v) is 3.38. The Labute approximate surface area is 108 Å². The molecule has 1 aliphatic rings. The van der Waals surface area contributed by atoms with Gasteiger partial charge in [0.2, 0.25) is 0 Å². The number of nitrogens with zero attached hydrogens (tertiary/aromatic N) is 1. The van der Waals surface area contributed by atoms with Gasteiger partial charge in [-0.1, -0.05) is 6.92 Å². The highest BCUT2D eigenvalue weighted by molar-refractivity contribution is 5.90. The zero-order chi connectivity index (χ0) is 14.4. The summed E-state index contributed by atoms with van der Waals surface area (Å²) < 4.78 is 38.9. The molecule has 0 spiro atoms. The van der Waals surface area contributed by atoms with Crippen LogP contribution in [0.25, 0.3) is 0 Å². The van der Waals surface area contributed by atoms with E-state index in [1.165, 1.54) is 6.92 Å². The molecule has 0 bridgehead atoms. The van der Waals surface area contributed by atoms with Crippen LogP contribution in [0.2, 0.25) is 0 Å². The molecular formula is C12H14F3N3O. The van der Waals surface area contributed by atoms with Crippen LogP contribution in [0.1, 0.15) is 41.8 Å². The van der Waals surface area contributed by atoms with Gasteiger partial charge in [0.25, 0.3) is 0 Å². The number of rotatable bonds is 1. The van der Waals surface area contributed by atoms with Gasteiger partial charge in [-0.05, 0) is 31.2 Å². The number of carbonyl (C=O) groups is 1. The molecule has 104 valence electrons. The molecule has 4 nitrogen and oxygen atoms in total. The fourth-order valence-electron chi connectivity index (χ4n) is 2.47. The highest BCUT2D eigenvalue weighted by atomic mass is 19.4. The summed E-state index contributed by atoms with van der Waals surface area (Å²) in [5.41, 5.74) is 5.22. The molecule has 1 aromatic heterocycles. The van der Waals surface area contributed by atoms with Crippen LogP contribution in [-0.2, 0) is 12.6 Å². The van der Waals surface area contributed by atoms with E-state index in [-0.39, 0.29) is 17.2 Å². The van der Waals surface area contributed by atoms with Crippen molar-refractivity contribution in [2.24, 2.45) is 5.73 Å². The summed E-state index contributed by atoms with van der Waals surface area (Å²) >= 11 is 0. The summed E-state index contributed by atoms with van der Waals surface area (Å²) in [7, 11) is 0. The normalized spacial score (nSPS) is 18.3. The van der Waals surface area contributed by atoms with E-state index in [0.717, 1.165) is 6.42 Å². The topological polar surface area (TPSA) is 68.0 Å². The average Bonchev–Trinajstić information content (AvgIpc) is 2.62. The van der Waals surface area contributed by atoms with Gasteiger partial charge in [0.15, 0.2) is 0 Å². The minimum Gasteiger partial charge on any atom is -0.351 e. The molecule has 0 saturated heterocycles. The lowest BCUT2D eigenvalue weighted by molar-refractivity contribution is -0.141. The molecule has 7 heteroatoms. The van der Waals surface area contributed by atoms with Crippen LogP contribution in [-0.4, -0.2) is 11.0 Å². The van der Waals surface area contributed by atoms with Crippen molar-refractivity contribution in [2.45, 2.75) is 38.8 Å². The molecule has 0 radical (unpaired) electrons. The van der Waals surface area contributed by atoms with Crippen molar-refractivity contribution in [2.75, 3.05) is 5.32 Å². The van der Waals surface area contributed by atoms with E-state index in [9.17, 15) is 18.0 Å². The lowest BCUT2D eigenvalue weighted by atomic mass is 10.0. The first-order chi connectivity index (χ1) is 8.71. The van der Waals surface area contributed by atoms with Gasteiger partial charge >= 0.3 is 12.2 Å². The van der Waals surface area contributed by atoms with Crippen LogP contribution in [0.5, 0.6) is 0 Å². The predicted octanol–water partition coefficient (Wildman–Crippen LogP) is 2.95. The largest absolute Gasteiger partial charge is 0.433 e. The second kappa shape index (κ2) is 4.40. The smallest absolute Gasteiger partial charge is 0.351 e. The van der Waals surface area contributed by atoms with E-state index in [0.29, 0.717) is 17.7 Å². The maximum atomic E-state index is 13.0. The van der Waals surface area contributed by atoms with Crippen LogP contribution in [0.4, 0.5) is 23.7 Å². The standard InChI is InChI=1S/C12H14F3N3O/c1-5-3-4-7-8(5)17-10(12(13,14)15)6(2)9(7)18-11(16)19/h5H,3-4H2,1-2H3,(H3,16,17,18,19). The Hall–Kier alpha value is -1.79. The zero-order valence-corrected chi connectivity index (χ0v) is 10.6. The SMILES string of the molecule is Cc1c(C(F)(F)F)nc2c(c1NC(N)=O)CCC2C. The van der Waals surface area contributed by atoms with Gasteiger partial charge in [-0.2, -0.15) is 13.2 Å². The number of alkyl halides is 3. The second-order valence-corrected chi connectivity index (χ2v) is 4.75. The van der Waals surface area contributed by atoms with Crippen molar-refractivity contribution in [1.82, 2.24) is 4.98 Å². The van der Waals surface area contributed by atoms with Crippen molar-refractivity contribution in [3.63, 3.8) is 0 Å². The third kappa shape index (κ3) is 2.36. The van der Waals surface area contributed by atoms with Crippen molar-refractivity contribution in [3.8, 4) is 0 Å². The Balaban J connectivity index is 2.67. The van der Waals surface area contributed by atoms with Gasteiger partial charge in [0.05, 0.1) is 5.69 Å². The summed E-state index contributed by atoms with van der Waals surface area (Å²) in [5, 5.41) is 2.31. The van der Waals surface area contributed by atoms with Crippen molar-refractivity contribution in [1.29, 1.82) is 0 Å². The summed E-state index contributed by atoms with van der Waals surface area (Å²) in [6.45, 7) is 3.12. The van der Waals surface area contributed by atoms with Crippen molar-refractivity contribution >= 4 is 11.7 Å². The number of hydrogen-bond acceptors (Lipinski definition) is 2. The molecule has 1 atom stereocenters. The minimum absolute atomic E-state index is 0.0508. The van der Waals surface area contributed by atoms with E-state index >= 15 is 0 Å². The number of pyridine rings is 1. The lowest BCUT2D eigenvalue weighted by Crippen LogP contribution is -2.23. The Morgan fingerprint density at radius 2 is 2.11 bits per heavy atom. The molecule has 0 fully saturated rings. The number of nitrogens with two attached hydrogens (primary N) is 1. The molecule has 1 aromatic rings. The molecule has 3 N–H and O–H groups in total. The number of carbonyl (C=O) groups excluding carboxylic acids is 1. The number of fused-ring (bicyclic) bond motifs is 1. The van der Waals surface area contributed by atoms with E-state index in [4.69, 9.17) is 5.73 Å². The summed E-state index contributed by atoms with van der Waals surface area (Å²) in [4.78, 5) is 14.7. The first kappa shape index (κ1) is 13.6. The molecule has 1 unspecified atom stereocenters. The fourth-order valence-corrected chi connectivity index (χ4v) is 2.47. The maximum Gasteiger partial charge on any atom is 0.433 e. The molecule has 0 aromatic carbocycles. The molecular weight excluding hydrogens is 259 g/mol.